The fraction of sp³-hybridized carbons (Fsp3) is 0.150. The zero-order valence-electron chi connectivity index (χ0n) is 17.9. The predicted octanol–water partition coefficient (Wildman–Crippen LogP) is -0.250. The van der Waals surface area contributed by atoms with Gasteiger partial charge >= 0.3 is 0 Å². The number of hydrogen-bond donors (Lipinski definition) is 2. The maximum atomic E-state index is 12.1. The smallest absolute Gasteiger partial charge is 0.257 e. The molecule has 0 atom stereocenters. The Balaban J connectivity index is 2.17. The van der Waals surface area contributed by atoms with Gasteiger partial charge in [-0.1, -0.05) is 18.2 Å². The van der Waals surface area contributed by atoms with Gasteiger partial charge in [-0.05, 0) is 18.2 Å². The lowest BCUT2D eigenvalue weighted by atomic mass is 9.93. The molecule has 0 radical (unpaired) electrons. The molecule has 0 bridgehead atoms. The highest BCUT2D eigenvalue weighted by Gasteiger charge is 2.24. The minimum atomic E-state index is -5.32. The van der Waals surface area contributed by atoms with Crippen molar-refractivity contribution in [2.24, 2.45) is 5.73 Å². The van der Waals surface area contributed by atoms with Crippen LogP contribution in [0.5, 0.6) is 5.75 Å². The topological polar surface area (TPSA) is 236 Å². The normalized spacial score (nSPS) is 13.0. The van der Waals surface area contributed by atoms with Gasteiger partial charge in [0.25, 0.3) is 5.91 Å². The first-order valence-electron chi connectivity index (χ1n) is 9.90. The van der Waals surface area contributed by atoms with E-state index >= 15 is 0 Å². The Labute approximate surface area is 204 Å². The van der Waals surface area contributed by atoms with Crippen molar-refractivity contribution in [3.63, 3.8) is 0 Å². The molecule has 192 valence electrons. The first-order chi connectivity index (χ1) is 16.6. The highest BCUT2D eigenvalue weighted by molar-refractivity contribution is 7.87. The Hall–Kier alpha value is -3.12. The van der Waals surface area contributed by atoms with Gasteiger partial charge < -0.3 is 29.4 Å². The van der Waals surface area contributed by atoms with Crippen LogP contribution in [0.25, 0.3) is 32.3 Å². The van der Waals surface area contributed by atoms with E-state index in [4.69, 9.17) is 10.5 Å². The number of rotatable bonds is 8. The predicted molar refractivity (Wildman–Crippen MR) is 122 cm³/mol. The molecule has 13 nitrogen and oxygen atoms in total. The average molecular weight is 556 g/mol. The molecule has 0 unspecified atom stereocenters. The van der Waals surface area contributed by atoms with E-state index in [1.54, 1.807) is 0 Å². The van der Waals surface area contributed by atoms with Crippen molar-refractivity contribution < 1.29 is 48.4 Å². The summed E-state index contributed by atoms with van der Waals surface area (Å²) in [6.07, 6.45) is 0. The zero-order valence-corrected chi connectivity index (χ0v) is 20.3. The van der Waals surface area contributed by atoms with Gasteiger partial charge in [0.05, 0.1) is 14.7 Å². The van der Waals surface area contributed by atoms with E-state index in [0.29, 0.717) is 6.07 Å². The first-order valence-corrected chi connectivity index (χ1v) is 14.1. The molecule has 0 aliphatic rings. The summed E-state index contributed by atoms with van der Waals surface area (Å²) in [5.41, 5.74) is 5.31. The van der Waals surface area contributed by atoms with Gasteiger partial charge in [-0.2, -0.15) is 0 Å². The minimum Gasteiger partial charge on any atom is -0.744 e. The second-order valence-corrected chi connectivity index (χ2v) is 11.7. The lowest BCUT2D eigenvalue weighted by Gasteiger charge is -2.22. The number of ether oxygens (including phenoxy) is 1. The molecule has 0 aliphatic heterocycles. The van der Waals surface area contributed by atoms with E-state index in [0.717, 1.165) is 24.3 Å². The molecule has 4 aromatic carbocycles. The van der Waals surface area contributed by atoms with E-state index in [-0.39, 0.29) is 51.2 Å². The Morgan fingerprint density at radius 2 is 1.17 bits per heavy atom. The molecule has 16 heteroatoms. The molecule has 4 rings (SSSR count). The second kappa shape index (κ2) is 8.77. The fourth-order valence-corrected chi connectivity index (χ4v) is 6.18. The summed E-state index contributed by atoms with van der Waals surface area (Å²) in [5.74, 6) is -0.909. The van der Waals surface area contributed by atoms with Crippen molar-refractivity contribution in [3.8, 4) is 5.75 Å². The monoisotopic (exact) mass is 555 g/mol. The van der Waals surface area contributed by atoms with Gasteiger partial charge in [0.15, 0.2) is 6.61 Å². The third-order valence-corrected chi connectivity index (χ3v) is 8.01. The lowest BCUT2D eigenvalue weighted by molar-refractivity contribution is -0.123. The van der Waals surface area contributed by atoms with Crippen LogP contribution in [0.1, 0.15) is 0 Å². The minimum absolute atomic E-state index is 0.0526. The molecule has 0 fully saturated rings. The van der Waals surface area contributed by atoms with Crippen molar-refractivity contribution >= 4 is 68.6 Å². The highest BCUT2D eigenvalue weighted by atomic mass is 32.2. The molecule has 0 saturated carbocycles. The number of nitrogens with two attached hydrogens (primary N) is 1. The standard InChI is InChI=1S/C20H18N2O11S3/c21-5-6-22-18(23)9-33-14-7-15(34(24,25)26)11-3-4-13-17(36(30,31)32)8-16(35(27,28)29)12-2-1-10(14)19(11)20(12)13/h1-4,7-8H,5-6,9,21H2,(H,22,23)(H,24,25,26)(H,27,28,29)(H,30,31,32)/p-3. The summed E-state index contributed by atoms with van der Waals surface area (Å²) in [6, 6.07) is 5.81. The van der Waals surface area contributed by atoms with Crippen molar-refractivity contribution in [1.29, 1.82) is 0 Å². The molecule has 0 heterocycles. The second-order valence-electron chi connectivity index (χ2n) is 7.61. The third-order valence-electron chi connectivity index (χ3n) is 5.38. The summed E-state index contributed by atoms with van der Waals surface area (Å²) in [7, 11) is -15.8. The van der Waals surface area contributed by atoms with Crippen LogP contribution in [-0.4, -0.2) is 64.5 Å². The molecule has 36 heavy (non-hydrogen) atoms. The van der Waals surface area contributed by atoms with Crippen LogP contribution in [0.4, 0.5) is 0 Å². The maximum absolute atomic E-state index is 12.1. The van der Waals surface area contributed by atoms with Crippen LogP contribution in [0.3, 0.4) is 0 Å². The van der Waals surface area contributed by atoms with Gasteiger partial charge in [0.2, 0.25) is 0 Å². The summed E-state index contributed by atoms with van der Waals surface area (Å²) in [6.45, 7) is -0.360. The largest absolute Gasteiger partial charge is 0.744 e. The number of amides is 1. The molecule has 0 spiro atoms. The third kappa shape index (κ3) is 4.55. The molecule has 0 aliphatic carbocycles. The van der Waals surface area contributed by atoms with E-state index in [2.05, 4.69) is 5.32 Å². The average Bonchev–Trinajstić information content (AvgIpc) is 2.77. The van der Waals surface area contributed by atoms with E-state index in [1.165, 1.54) is 6.07 Å². The number of carbonyl (C=O) groups excluding carboxylic acids is 1. The summed E-state index contributed by atoms with van der Waals surface area (Å²) in [5, 5.41) is 1.19. The molecule has 0 saturated heterocycles. The van der Waals surface area contributed by atoms with Gasteiger partial charge in [0, 0.05) is 45.4 Å². The van der Waals surface area contributed by atoms with Gasteiger partial charge in [0.1, 0.15) is 36.1 Å². The molecule has 0 aromatic heterocycles. The Morgan fingerprint density at radius 3 is 1.61 bits per heavy atom. The van der Waals surface area contributed by atoms with Crippen molar-refractivity contribution in [3.05, 3.63) is 36.4 Å². The quantitative estimate of drug-likeness (QED) is 0.211. The van der Waals surface area contributed by atoms with E-state index in [9.17, 15) is 43.7 Å². The molecule has 3 N–H and O–H groups in total. The Morgan fingerprint density at radius 1 is 0.750 bits per heavy atom. The summed E-state index contributed by atoms with van der Waals surface area (Å²) < 4.78 is 113. The number of nitrogens with one attached hydrogen (secondary N) is 1. The van der Waals surface area contributed by atoms with Crippen molar-refractivity contribution in [2.45, 2.75) is 14.7 Å². The number of carbonyl (C=O) groups is 1. The van der Waals surface area contributed by atoms with Crippen LogP contribution < -0.4 is 15.8 Å². The first kappa shape index (κ1) is 26.0. The van der Waals surface area contributed by atoms with Crippen molar-refractivity contribution in [1.82, 2.24) is 5.32 Å². The van der Waals surface area contributed by atoms with Crippen LogP contribution in [0.15, 0.2) is 51.1 Å². The molecular formula is C20H15N2O11S3-3. The summed E-state index contributed by atoms with van der Waals surface area (Å²) >= 11 is 0. The highest BCUT2D eigenvalue weighted by Crippen LogP contribution is 2.45. The lowest BCUT2D eigenvalue weighted by Crippen LogP contribution is -2.32. The Kier molecular flexibility index (Phi) is 6.32. The van der Waals surface area contributed by atoms with Crippen LogP contribution in [0.2, 0.25) is 0 Å². The number of hydrogen-bond acceptors (Lipinski definition) is 12. The van der Waals surface area contributed by atoms with Gasteiger partial charge in [-0.15, -0.1) is 0 Å². The van der Waals surface area contributed by atoms with E-state index < -0.39 is 57.6 Å². The molecule has 4 aromatic rings. The van der Waals surface area contributed by atoms with Gasteiger partial charge in [-0.3, -0.25) is 4.79 Å². The fourth-order valence-electron chi connectivity index (χ4n) is 4.01. The SMILES string of the molecule is NCCNC(=O)COc1cc(S(=O)(=O)[O-])c2ccc3c(S(=O)(=O)[O-])cc(S(=O)(=O)[O-])c4ccc1c2c43. The van der Waals surface area contributed by atoms with Gasteiger partial charge in [-0.25, -0.2) is 25.3 Å². The van der Waals surface area contributed by atoms with Crippen LogP contribution in [0, 0.1) is 0 Å². The van der Waals surface area contributed by atoms with Crippen molar-refractivity contribution in [2.75, 3.05) is 19.7 Å². The summed E-state index contributed by atoms with van der Waals surface area (Å²) in [4.78, 5) is 9.09. The zero-order chi connectivity index (χ0) is 26.6. The molecular weight excluding hydrogens is 540 g/mol. The molecule has 1 amide bonds. The van der Waals surface area contributed by atoms with Crippen LogP contribution >= 0.6 is 0 Å². The van der Waals surface area contributed by atoms with E-state index in [1.807, 2.05) is 0 Å². The van der Waals surface area contributed by atoms with Crippen LogP contribution in [-0.2, 0) is 35.1 Å². The maximum Gasteiger partial charge on any atom is 0.257 e. The Bertz CT molecular complexity index is 1810. The number of benzene rings is 4.